The lowest BCUT2D eigenvalue weighted by molar-refractivity contribution is -0.119. The van der Waals surface area contributed by atoms with Crippen LogP contribution in [0.3, 0.4) is 0 Å². The second kappa shape index (κ2) is 3.89. The van der Waals surface area contributed by atoms with Gasteiger partial charge in [-0.1, -0.05) is 0 Å². The van der Waals surface area contributed by atoms with Gasteiger partial charge in [-0.2, -0.15) is 5.10 Å². The van der Waals surface area contributed by atoms with Gasteiger partial charge in [0.05, 0.1) is 22.4 Å². The van der Waals surface area contributed by atoms with Gasteiger partial charge in [-0.05, 0) is 15.9 Å². The summed E-state index contributed by atoms with van der Waals surface area (Å²) in [5.41, 5.74) is 11.4. The van der Waals surface area contributed by atoms with Crippen LogP contribution in [0.2, 0.25) is 0 Å². The number of halogens is 1. The van der Waals surface area contributed by atoms with Crippen LogP contribution in [0, 0.1) is 0 Å². The number of hydrogen-bond acceptors (Lipinski definition) is 3. The molecule has 6 heteroatoms. The quantitative estimate of drug-likeness (QED) is 0.757. The molecule has 0 aliphatic rings. The fourth-order valence-electron chi connectivity index (χ4n) is 0.975. The van der Waals surface area contributed by atoms with Gasteiger partial charge in [0.25, 0.3) is 0 Å². The van der Waals surface area contributed by atoms with Crippen LogP contribution in [0.4, 0.5) is 0 Å². The van der Waals surface area contributed by atoms with E-state index in [4.69, 9.17) is 11.5 Å². The van der Waals surface area contributed by atoms with E-state index in [1.165, 1.54) is 0 Å². The van der Waals surface area contributed by atoms with Crippen molar-refractivity contribution in [3.05, 3.63) is 16.4 Å². The van der Waals surface area contributed by atoms with Gasteiger partial charge in [0.15, 0.2) is 0 Å². The van der Waals surface area contributed by atoms with E-state index in [1.807, 2.05) is 0 Å². The summed E-state index contributed by atoms with van der Waals surface area (Å²) in [5.74, 6) is -0.506. The van der Waals surface area contributed by atoms with Crippen LogP contribution in [-0.2, 0) is 18.3 Å². The van der Waals surface area contributed by atoms with Crippen molar-refractivity contribution in [2.24, 2.45) is 18.5 Å². The van der Waals surface area contributed by atoms with Crippen LogP contribution < -0.4 is 11.5 Å². The summed E-state index contributed by atoms with van der Waals surface area (Å²) < 4.78 is 2.50. The predicted octanol–water partition coefficient (Wildman–Crippen LogP) is -0.462. The first kappa shape index (κ1) is 10.2. The maximum atomic E-state index is 10.7. The van der Waals surface area contributed by atoms with Gasteiger partial charge in [0, 0.05) is 13.5 Å². The monoisotopic (exact) mass is 246 g/mol. The Morgan fingerprint density at radius 3 is 2.85 bits per heavy atom. The molecule has 0 saturated heterocycles. The molecule has 0 aliphatic carbocycles. The third-order valence-electron chi connectivity index (χ3n) is 1.79. The SMILES string of the molecule is Cn1ncc(Br)c1CC(N)C(N)=O. The molecule has 1 atom stereocenters. The molecular weight excluding hydrogens is 236 g/mol. The molecule has 0 saturated carbocycles. The number of aryl methyl sites for hydroxylation is 1. The van der Waals surface area contributed by atoms with Crippen molar-refractivity contribution in [2.45, 2.75) is 12.5 Å². The van der Waals surface area contributed by atoms with Crippen LogP contribution in [0.5, 0.6) is 0 Å². The second-order valence-electron chi connectivity index (χ2n) is 2.78. The molecule has 4 N–H and O–H groups in total. The molecule has 0 fully saturated rings. The van der Waals surface area contributed by atoms with Crippen molar-refractivity contribution in [1.29, 1.82) is 0 Å². The standard InChI is InChI=1S/C7H11BrN4O/c1-12-6(4(8)3-11-12)2-5(9)7(10)13/h3,5H,2,9H2,1H3,(H2,10,13). The van der Waals surface area contributed by atoms with Crippen LogP contribution in [0.15, 0.2) is 10.7 Å². The van der Waals surface area contributed by atoms with Crippen LogP contribution >= 0.6 is 15.9 Å². The zero-order valence-corrected chi connectivity index (χ0v) is 8.78. The number of amides is 1. The number of carbonyl (C=O) groups excluding carboxylic acids is 1. The Balaban J connectivity index is 2.79. The average Bonchev–Trinajstić information content (AvgIpc) is 2.35. The number of primary amides is 1. The fraction of sp³-hybridized carbons (Fsp3) is 0.429. The third-order valence-corrected chi connectivity index (χ3v) is 2.45. The van der Waals surface area contributed by atoms with Crippen LogP contribution in [-0.4, -0.2) is 21.7 Å². The lowest BCUT2D eigenvalue weighted by Crippen LogP contribution is -2.38. The molecule has 0 radical (unpaired) electrons. The van der Waals surface area contributed by atoms with E-state index in [0.29, 0.717) is 6.42 Å². The van der Waals surface area contributed by atoms with E-state index >= 15 is 0 Å². The number of nitrogens with two attached hydrogens (primary N) is 2. The molecule has 5 nitrogen and oxygen atoms in total. The molecule has 0 bridgehead atoms. The Kier molecular flexibility index (Phi) is 3.05. The average molecular weight is 247 g/mol. The summed E-state index contributed by atoms with van der Waals surface area (Å²) in [6, 6.07) is -0.660. The van der Waals surface area contributed by atoms with Crippen molar-refractivity contribution in [2.75, 3.05) is 0 Å². The van der Waals surface area contributed by atoms with Crippen molar-refractivity contribution >= 4 is 21.8 Å². The van der Waals surface area contributed by atoms with E-state index in [-0.39, 0.29) is 0 Å². The summed E-state index contributed by atoms with van der Waals surface area (Å²) in [7, 11) is 1.79. The van der Waals surface area contributed by atoms with Gasteiger partial charge >= 0.3 is 0 Å². The van der Waals surface area contributed by atoms with Gasteiger partial charge in [-0.25, -0.2) is 0 Å². The Morgan fingerprint density at radius 1 is 1.85 bits per heavy atom. The molecule has 0 spiro atoms. The molecule has 72 valence electrons. The van der Waals surface area contributed by atoms with Gasteiger partial charge in [-0.15, -0.1) is 0 Å². The van der Waals surface area contributed by atoms with Crippen molar-refractivity contribution in [3.8, 4) is 0 Å². The third kappa shape index (κ3) is 2.28. The predicted molar refractivity (Wildman–Crippen MR) is 51.8 cm³/mol. The maximum absolute atomic E-state index is 10.7. The van der Waals surface area contributed by atoms with E-state index in [2.05, 4.69) is 21.0 Å². The zero-order valence-electron chi connectivity index (χ0n) is 7.20. The summed E-state index contributed by atoms with van der Waals surface area (Å²) >= 11 is 3.30. The molecule has 1 unspecified atom stereocenters. The first-order chi connectivity index (χ1) is 6.02. The van der Waals surface area contributed by atoms with Gasteiger partial charge in [0.1, 0.15) is 0 Å². The molecule has 1 amide bonds. The molecule has 1 aromatic rings. The highest BCUT2D eigenvalue weighted by atomic mass is 79.9. The summed E-state index contributed by atoms with van der Waals surface area (Å²) in [6.45, 7) is 0. The zero-order chi connectivity index (χ0) is 10.0. The van der Waals surface area contributed by atoms with Crippen molar-refractivity contribution in [1.82, 2.24) is 9.78 Å². The van der Waals surface area contributed by atoms with E-state index < -0.39 is 11.9 Å². The Labute approximate surface area is 84.2 Å². The molecule has 1 heterocycles. The van der Waals surface area contributed by atoms with E-state index in [0.717, 1.165) is 10.2 Å². The lowest BCUT2D eigenvalue weighted by Gasteiger charge is -2.07. The highest BCUT2D eigenvalue weighted by Crippen LogP contribution is 2.15. The van der Waals surface area contributed by atoms with E-state index in [9.17, 15) is 4.79 Å². The maximum Gasteiger partial charge on any atom is 0.234 e. The van der Waals surface area contributed by atoms with Crippen molar-refractivity contribution < 1.29 is 4.79 Å². The fourth-order valence-corrected chi connectivity index (χ4v) is 1.48. The number of nitrogens with zero attached hydrogens (tertiary/aromatic N) is 2. The molecule has 0 aromatic carbocycles. The Hall–Kier alpha value is -0.880. The summed E-state index contributed by atoms with van der Waals surface area (Å²) in [6.07, 6.45) is 2.05. The molecular formula is C7H11BrN4O. The molecule has 13 heavy (non-hydrogen) atoms. The topological polar surface area (TPSA) is 86.9 Å². The Bertz CT molecular complexity index is 303. The number of rotatable bonds is 3. The van der Waals surface area contributed by atoms with Crippen molar-refractivity contribution in [3.63, 3.8) is 0 Å². The van der Waals surface area contributed by atoms with Crippen LogP contribution in [0.1, 0.15) is 5.69 Å². The second-order valence-corrected chi connectivity index (χ2v) is 3.63. The number of aromatic nitrogens is 2. The van der Waals surface area contributed by atoms with Gasteiger partial charge in [0.2, 0.25) is 5.91 Å². The molecule has 1 aromatic heterocycles. The minimum absolute atomic E-state index is 0.395. The number of hydrogen-bond donors (Lipinski definition) is 2. The highest BCUT2D eigenvalue weighted by molar-refractivity contribution is 9.10. The summed E-state index contributed by atoms with van der Waals surface area (Å²) in [4.78, 5) is 10.7. The van der Waals surface area contributed by atoms with Gasteiger partial charge in [-0.3, -0.25) is 9.48 Å². The minimum Gasteiger partial charge on any atom is -0.368 e. The first-order valence-electron chi connectivity index (χ1n) is 3.73. The molecule has 1 rings (SSSR count). The lowest BCUT2D eigenvalue weighted by atomic mass is 10.1. The largest absolute Gasteiger partial charge is 0.368 e. The minimum atomic E-state index is -0.660. The summed E-state index contributed by atoms with van der Waals surface area (Å²) in [5, 5.41) is 3.99. The smallest absolute Gasteiger partial charge is 0.234 e. The highest BCUT2D eigenvalue weighted by Gasteiger charge is 2.14. The number of carbonyl (C=O) groups is 1. The first-order valence-corrected chi connectivity index (χ1v) is 4.53. The van der Waals surface area contributed by atoms with E-state index in [1.54, 1.807) is 17.9 Å². The Morgan fingerprint density at radius 2 is 2.46 bits per heavy atom. The van der Waals surface area contributed by atoms with Gasteiger partial charge < -0.3 is 11.5 Å². The normalized spacial score (nSPS) is 12.8. The molecule has 0 aliphatic heterocycles. The van der Waals surface area contributed by atoms with Crippen LogP contribution in [0.25, 0.3) is 0 Å².